The number of aliphatic carboxylic acids is 1. The molecule has 118 valence electrons. The van der Waals surface area contributed by atoms with Crippen molar-refractivity contribution in [1.29, 1.82) is 0 Å². The molecule has 0 atom stereocenters. The topological polar surface area (TPSA) is 92.3 Å². The van der Waals surface area contributed by atoms with Crippen LogP contribution < -0.4 is 4.90 Å². The third kappa shape index (κ3) is 3.03. The highest BCUT2D eigenvalue weighted by Crippen LogP contribution is 2.28. The molecule has 0 amide bonds. The van der Waals surface area contributed by atoms with Crippen molar-refractivity contribution < 1.29 is 14.4 Å². The van der Waals surface area contributed by atoms with E-state index >= 15 is 0 Å². The van der Waals surface area contributed by atoms with Gasteiger partial charge in [-0.1, -0.05) is 18.0 Å². The van der Waals surface area contributed by atoms with Gasteiger partial charge in [0.15, 0.2) is 0 Å². The Morgan fingerprint density at radius 2 is 1.95 bits per heavy atom. The summed E-state index contributed by atoms with van der Waals surface area (Å²) in [6, 6.07) is 0. The van der Waals surface area contributed by atoms with Gasteiger partial charge in [-0.15, -0.1) is 0 Å². The first kappa shape index (κ1) is 14.7. The minimum absolute atomic E-state index is 0.0120. The van der Waals surface area contributed by atoms with Gasteiger partial charge in [0.2, 0.25) is 0 Å². The largest absolute Gasteiger partial charge is 0.481 e. The molecule has 1 aliphatic rings. The standard InChI is InChI=1S/C15H20N4O3/c1-10-13-14(19-8-4-2-3-5-9-19)16-11(6-7-12(20)21)17-15(13)22-18-10/h2-9H2,1H3,(H,20,21). The van der Waals surface area contributed by atoms with Crippen LogP contribution in [0.25, 0.3) is 11.1 Å². The number of fused-ring (bicyclic) bond motifs is 1. The molecule has 3 heterocycles. The summed E-state index contributed by atoms with van der Waals surface area (Å²) in [4.78, 5) is 22.0. The number of anilines is 1. The van der Waals surface area contributed by atoms with Crippen LogP contribution in [0.4, 0.5) is 5.82 Å². The van der Waals surface area contributed by atoms with Crippen LogP contribution in [0.15, 0.2) is 4.52 Å². The second-order valence-corrected chi connectivity index (χ2v) is 5.71. The average molecular weight is 304 g/mol. The van der Waals surface area contributed by atoms with E-state index in [4.69, 9.17) is 9.63 Å². The normalized spacial score (nSPS) is 16.0. The fraction of sp³-hybridized carbons (Fsp3) is 0.600. The molecule has 0 unspecified atom stereocenters. The summed E-state index contributed by atoms with van der Waals surface area (Å²) in [6.07, 6.45) is 5.06. The molecule has 22 heavy (non-hydrogen) atoms. The maximum Gasteiger partial charge on any atom is 0.303 e. The minimum atomic E-state index is -0.853. The molecule has 7 nitrogen and oxygen atoms in total. The van der Waals surface area contributed by atoms with Crippen LogP contribution in [0.3, 0.4) is 0 Å². The molecule has 2 aromatic rings. The molecular weight excluding hydrogens is 284 g/mol. The van der Waals surface area contributed by atoms with Crippen molar-refractivity contribution in [1.82, 2.24) is 15.1 Å². The molecule has 3 rings (SSSR count). The Labute approximate surface area is 128 Å². The van der Waals surface area contributed by atoms with E-state index in [2.05, 4.69) is 20.0 Å². The Balaban J connectivity index is 2.00. The monoisotopic (exact) mass is 304 g/mol. The van der Waals surface area contributed by atoms with E-state index in [0.717, 1.165) is 42.8 Å². The van der Waals surface area contributed by atoms with Crippen LogP contribution in [0.2, 0.25) is 0 Å². The molecule has 7 heteroatoms. The third-order valence-electron chi connectivity index (χ3n) is 4.00. The fourth-order valence-electron chi connectivity index (χ4n) is 2.85. The number of carboxylic acid groups (broad SMARTS) is 1. The van der Waals surface area contributed by atoms with E-state index in [9.17, 15) is 4.79 Å². The van der Waals surface area contributed by atoms with Gasteiger partial charge in [-0.05, 0) is 19.8 Å². The first-order valence-corrected chi connectivity index (χ1v) is 7.75. The molecule has 0 bridgehead atoms. The van der Waals surface area contributed by atoms with Gasteiger partial charge in [0.1, 0.15) is 17.0 Å². The van der Waals surface area contributed by atoms with E-state index in [-0.39, 0.29) is 6.42 Å². The number of nitrogens with zero attached hydrogens (tertiary/aromatic N) is 4. The lowest BCUT2D eigenvalue weighted by Crippen LogP contribution is -2.26. The highest BCUT2D eigenvalue weighted by atomic mass is 16.5. The van der Waals surface area contributed by atoms with E-state index in [0.29, 0.717) is 18.0 Å². The highest BCUT2D eigenvalue weighted by molar-refractivity contribution is 5.88. The molecule has 1 fully saturated rings. The molecule has 0 radical (unpaired) electrons. The Morgan fingerprint density at radius 3 is 2.64 bits per heavy atom. The summed E-state index contributed by atoms with van der Waals surface area (Å²) in [7, 11) is 0. The summed E-state index contributed by atoms with van der Waals surface area (Å²) in [6.45, 7) is 3.79. The number of carbonyl (C=O) groups is 1. The zero-order chi connectivity index (χ0) is 15.5. The van der Waals surface area contributed by atoms with Gasteiger partial charge in [0.25, 0.3) is 5.71 Å². The lowest BCUT2D eigenvalue weighted by molar-refractivity contribution is -0.137. The number of aromatic nitrogens is 3. The van der Waals surface area contributed by atoms with Crippen molar-refractivity contribution >= 4 is 22.9 Å². The molecule has 0 spiro atoms. The Morgan fingerprint density at radius 1 is 1.23 bits per heavy atom. The molecule has 0 aromatic carbocycles. The SMILES string of the molecule is Cc1noc2nc(CCC(=O)O)nc(N3CCCCCC3)c12. The van der Waals surface area contributed by atoms with Crippen molar-refractivity contribution in [2.75, 3.05) is 18.0 Å². The Hall–Kier alpha value is -2.18. The second kappa shape index (κ2) is 6.29. The Kier molecular flexibility index (Phi) is 4.22. The van der Waals surface area contributed by atoms with Crippen LogP contribution in [0.5, 0.6) is 0 Å². The van der Waals surface area contributed by atoms with Gasteiger partial charge in [0.05, 0.1) is 12.1 Å². The fourth-order valence-corrected chi connectivity index (χ4v) is 2.85. The van der Waals surface area contributed by atoms with Gasteiger partial charge >= 0.3 is 5.97 Å². The van der Waals surface area contributed by atoms with Crippen molar-refractivity contribution in [3.05, 3.63) is 11.5 Å². The van der Waals surface area contributed by atoms with E-state index in [1.807, 2.05) is 6.92 Å². The molecule has 1 aliphatic heterocycles. The van der Waals surface area contributed by atoms with Gasteiger partial charge in [-0.3, -0.25) is 4.79 Å². The van der Waals surface area contributed by atoms with Gasteiger partial charge < -0.3 is 14.5 Å². The molecule has 1 saturated heterocycles. The predicted octanol–water partition coefficient (Wildman–Crippen LogP) is 2.32. The van der Waals surface area contributed by atoms with Crippen molar-refractivity contribution in [2.45, 2.75) is 45.4 Å². The van der Waals surface area contributed by atoms with Gasteiger partial charge in [-0.25, -0.2) is 4.98 Å². The van der Waals surface area contributed by atoms with Crippen LogP contribution in [0, 0.1) is 6.92 Å². The van der Waals surface area contributed by atoms with E-state index < -0.39 is 5.97 Å². The summed E-state index contributed by atoms with van der Waals surface area (Å²) in [5.41, 5.74) is 1.23. The zero-order valence-electron chi connectivity index (χ0n) is 12.7. The van der Waals surface area contributed by atoms with E-state index in [1.165, 1.54) is 12.8 Å². The summed E-state index contributed by atoms with van der Waals surface area (Å²) < 4.78 is 5.28. The van der Waals surface area contributed by atoms with Crippen molar-refractivity contribution in [3.63, 3.8) is 0 Å². The summed E-state index contributed by atoms with van der Waals surface area (Å²) in [5.74, 6) is 0.491. The summed E-state index contributed by atoms with van der Waals surface area (Å²) in [5, 5.41) is 13.7. The molecule has 0 aliphatic carbocycles. The van der Waals surface area contributed by atoms with Crippen LogP contribution in [-0.4, -0.2) is 39.3 Å². The molecule has 0 saturated carbocycles. The smallest absolute Gasteiger partial charge is 0.303 e. The van der Waals surface area contributed by atoms with E-state index in [1.54, 1.807) is 0 Å². The second-order valence-electron chi connectivity index (χ2n) is 5.71. The number of rotatable bonds is 4. The van der Waals surface area contributed by atoms with Crippen molar-refractivity contribution in [3.8, 4) is 0 Å². The highest BCUT2D eigenvalue weighted by Gasteiger charge is 2.21. The first-order chi connectivity index (χ1) is 10.6. The van der Waals surface area contributed by atoms with Gasteiger partial charge in [-0.2, -0.15) is 4.98 Å². The Bertz CT molecular complexity index is 675. The zero-order valence-corrected chi connectivity index (χ0v) is 12.7. The number of hydrogen-bond acceptors (Lipinski definition) is 6. The molecule has 2 aromatic heterocycles. The van der Waals surface area contributed by atoms with Crippen molar-refractivity contribution in [2.24, 2.45) is 0 Å². The third-order valence-corrected chi connectivity index (χ3v) is 4.00. The maximum absolute atomic E-state index is 10.8. The van der Waals surface area contributed by atoms with Crippen LogP contribution >= 0.6 is 0 Å². The van der Waals surface area contributed by atoms with Crippen LogP contribution in [0.1, 0.15) is 43.6 Å². The quantitative estimate of drug-likeness (QED) is 0.926. The first-order valence-electron chi connectivity index (χ1n) is 7.75. The lowest BCUT2D eigenvalue weighted by Gasteiger charge is -2.22. The lowest BCUT2D eigenvalue weighted by atomic mass is 10.2. The average Bonchev–Trinajstić information content (AvgIpc) is 2.73. The summed E-state index contributed by atoms with van der Waals surface area (Å²) >= 11 is 0. The number of aryl methyl sites for hydroxylation is 2. The number of hydrogen-bond donors (Lipinski definition) is 1. The minimum Gasteiger partial charge on any atom is -0.481 e. The molecule has 1 N–H and O–H groups in total. The number of carboxylic acids is 1. The van der Waals surface area contributed by atoms with Crippen LogP contribution in [-0.2, 0) is 11.2 Å². The predicted molar refractivity (Wildman–Crippen MR) is 81.0 cm³/mol. The van der Waals surface area contributed by atoms with Gasteiger partial charge in [0, 0.05) is 19.5 Å². The molecular formula is C15H20N4O3. The maximum atomic E-state index is 10.8.